The molecule has 0 saturated carbocycles. The molecule has 4 atom stereocenters. The van der Waals surface area contributed by atoms with Crippen LogP contribution in [0.1, 0.15) is 58.6 Å². The zero-order valence-corrected chi connectivity index (χ0v) is 27.8. The van der Waals surface area contributed by atoms with E-state index in [0.29, 0.717) is 25.2 Å². The molecule has 45 heavy (non-hydrogen) atoms. The molecular weight excluding hydrogens is 568 g/mol. The van der Waals surface area contributed by atoms with E-state index in [-0.39, 0.29) is 36.5 Å². The van der Waals surface area contributed by atoms with E-state index >= 15 is 0 Å². The van der Waals surface area contributed by atoms with Crippen LogP contribution in [-0.2, 0) is 32.0 Å². The number of hydrogen-bond donors (Lipinski definition) is 2. The summed E-state index contributed by atoms with van der Waals surface area (Å²) < 4.78 is 5.71. The smallest absolute Gasteiger partial charge is 0.245 e. The summed E-state index contributed by atoms with van der Waals surface area (Å²) in [7, 11) is 3.20. The van der Waals surface area contributed by atoms with Crippen molar-refractivity contribution in [1.82, 2.24) is 20.4 Å². The van der Waals surface area contributed by atoms with E-state index < -0.39 is 36.0 Å². The maximum absolute atomic E-state index is 14.2. The van der Waals surface area contributed by atoms with Gasteiger partial charge in [0.1, 0.15) is 36.5 Å². The number of ether oxygens (including phenoxy) is 1. The van der Waals surface area contributed by atoms with Gasteiger partial charge in [0.15, 0.2) is 0 Å². The number of carbonyl (C=O) groups is 4. The fourth-order valence-corrected chi connectivity index (χ4v) is 5.56. The lowest BCUT2D eigenvalue weighted by Gasteiger charge is -2.37. The summed E-state index contributed by atoms with van der Waals surface area (Å²) in [6.07, 6.45) is 5.08. The molecule has 2 aromatic carbocycles. The first kappa shape index (κ1) is 35.3. The number of carbonyl (C=O) groups excluding carboxylic acids is 4. The second-order valence-corrected chi connectivity index (χ2v) is 12.7. The average molecular weight is 619 g/mol. The van der Waals surface area contributed by atoms with E-state index in [1.807, 2.05) is 101 Å². The Kier molecular flexibility index (Phi) is 13.2. The zero-order chi connectivity index (χ0) is 33.1. The molecule has 1 saturated heterocycles. The second kappa shape index (κ2) is 16.8. The highest BCUT2D eigenvalue weighted by molar-refractivity contribution is 5.97. The predicted molar refractivity (Wildman–Crippen MR) is 176 cm³/mol. The van der Waals surface area contributed by atoms with E-state index in [2.05, 4.69) is 10.6 Å². The minimum Gasteiger partial charge on any atom is -0.490 e. The van der Waals surface area contributed by atoms with Crippen molar-refractivity contribution in [3.05, 3.63) is 77.9 Å². The molecule has 1 aliphatic rings. The molecular formula is C36H50N4O5. The van der Waals surface area contributed by atoms with Crippen molar-refractivity contribution in [2.75, 3.05) is 20.7 Å². The van der Waals surface area contributed by atoms with Crippen molar-refractivity contribution in [2.24, 2.45) is 11.8 Å². The van der Waals surface area contributed by atoms with Crippen molar-refractivity contribution in [3.8, 4) is 5.75 Å². The Bertz CT molecular complexity index is 1300. The average Bonchev–Trinajstić information content (AvgIpc) is 3.01. The van der Waals surface area contributed by atoms with E-state index in [4.69, 9.17) is 4.74 Å². The molecule has 9 nitrogen and oxygen atoms in total. The van der Waals surface area contributed by atoms with Gasteiger partial charge < -0.3 is 25.2 Å². The lowest BCUT2D eigenvalue weighted by atomic mass is 9.96. The van der Waals surface area contributed by atoms with Crippen LogP contribution >= 0.6 is 0 Å². The van der Waals surface area contributed by atoms with Crippen molar-refractivity contribution in [1.29, 1.82) is 0 Å². The minimum atomic E-state index is -0.947. The van der Waals surface area contributed by atoms with Crippen LogP contribution < -0.4 is 15.4 Å². The molecule has 0 bridgehead atoms. The molecule has 2 N–H and O–H groups in total. The van der Waals surface area contributed by atoms with Gasteiger partial charge in [-0.1, -0.05) is 82.3 Å². The van der Waals surface area contributed by atoms with Crippen LogP contribution in [0.25, 0.3) is 0 Å². The minimum absolute atomic E-state index is 0.0911. The topological polar surface area (TPSA) is 108 Å². The Morgan fingerprint density at radius 3 is 1.58 bits per heavy atom. The summed E-state index contributed by atoms with van der Waals surface area (Å²) in [4.78, 5) is 59.0. The maximum atomic E-state index is 14.2. The van der Waals surface area contributed by atoms with Crippen LogP contribution in [0.2, 0.25) is 0 Å². The van der Waals surface area contributed by atoms with Gasteiger partial charge in [-0.25, -0.2) is 0 Å². The largest absolute Gasteiger partial charge is 0.490 e. The Balaban J connectivity index is 2.01. The quantitative estimate of drug-likeness (QED) is 0.368. The molecule has 4 amide bonds. The Morgan fingerprint density at radius 2 is 1.16 bits per heavy atom. The molecule has 0 unspecified atom stereocenters. The third kappa shape index (κ3) is 10.2. The molecule has 1 aliphatic heterocycles. The zero-order valence-electron chi connectivity index (χ0n) is 27.8. The number of nitrogens with zero attached hydrogens (tertiary/aromatic N) is 2. The van der Waals surface area contributed by atoms with Crippen LogP contribution in [0.5, 0.6) is 5.75 Å². The second-order valence-electron chi connectivity index (χ2n) is 12.7. The fraction of sp³-hybridized carbons (Fsp3) is 0.500. The molecule has 2 aromatic rings. The van der Waals surface area contributed by atoms with Gasteiger partial charge in [0.25, 0.3) is 0 Å². The monoisotopic (exact) mass is 618 g/mol. The van der Waals surface area contributed by atoms with Crippen molar-refractivity contribution < 1.29 is 23.9 Å². The van der Waals surface area contributed by atoms with Gasteiger partial charge in [-0.2, -0.15) is 0 Å². The van der Waals surface area contributed by atoms with Crippen LogP contribution in [0.15, 0.2) is 66.7 Å². The fourth-order valence-electron chi connectivity index (χ4n) is 5.56. The highest BCUT2D eigenvalue weighted by Gasteiger charge is 2.39. The first-order valence-electron chi connectivity index (χ1n) is 15.9. The Labute approximate surface area is 268 Å². The van der Waals surface area contributed by atoms with Crippen molar-refractivity contribution >= 4 is 23.6 Å². The predicted octanol–water partition coefficient (Wildman–Crippen LogP) is 4.16. The van der Waals surface area contributed by atoms with Crippen molar-refractivity contribution in [2.45, 2.75) is 84.5 Å². The number of allylic oxidation sites excluding steroid dienone is 1. The summed E-state index contributed by atoms with van der Waals surface area (Å²) in [6, 6.07) is 13.4. The summed E-state index contributed by atoms with van der Waals surface area (Å²) in [5.74, 6) is -0.633. The maximum Gasteiger partial charge on any atom is 0.245 e. The van der Waals surface area contributed by atoms with E-state index in [1.165, 1.54) is 9.80 Å². The normalized spacial score (nSPS) is 22.0. The van der Waals surface area contributed by atoms with E-state index in [0.717, 1.165) is 11.1 Å². The molecule has 0 spiro atoms. The number of hydrogen-bond acceptors (Lipinski definition) is 5. The van der Waals surface area contributed by atoms with Gasteiger partial charge >= 0.3 is 0 Å². The van der Waals surface area contributed by atoms with Gasteiger partial charge in [-0.15, -0.1) is 0 Å². The number of rotatable bonds is 11. The first-order chi connectivity index (χ1) is 21.4. The lowest BCUT2D eigenvalue weighted by molar-refractivity contribution is -0.148. The van der Waals surface area contributed by atoms with Gasteiger partial charge in [0.05, 0.1) is 0 Å². The van der Waals surface area contributed by atoms with E-state index in [9.17, 15) is 19.2 Å². The lowest BCUT2D eigenvalue weighted by Crippen LogP contribution is -2.62. The summed E-state index contributed by atoms with van der Waals surface area (Å²) >= 11 is 0. The van der Waals surface area contributed by atoms with Crippen LogP contribution in [-0.4, -0.2) is 78.3 Å². The number of amides is 4. The molecule has 0 radical (unpaired) electrons. The first-order valence-corrected chi connectivity index (χ1v) is 15.9. The molecule has 0 aliphatic carbocycles. The number of nitrogens with one attached hydrogen (secondary N) is 2. The molecule has 244 valence electrons. The summed E-state index contributed by atoms with van der Waals surface area (Å²) in [5, 5.41) is 5.96. The molecule has 3 rings (SSSR count). The molecule has 9 heteroatoms. The molecule has 0 aromatic heterocycles. The SMILES string of the molecule is CC=CCOc1ccc(C[C@@H]2NC(=O)[C@H](CC(C)C)N(C)C(=O)[C@H](Cc3ccccc3)NC(=O)[C@H](CC(C)C)N(C)C2=O)cc1. The van der Waals surface area contributed by atoms with Crippen molar-refractivity contribution in [3.63, 3.8) is 0 Å². The van der Waals surface area contributed by atoms with Gasteiger partial charge in [0, 0.05) is 26.9 Å². The Morgan fingerprint density at radius 1 is 0.711 bits per heavy atom. The van der Waals surface area contributed by atoms with E-state index in [1.54, 1.807) is 14.1 Å². The van der Waals surface area contributed by atoms with Gasteiger partial charge in [-0.05, 0) is 54.9 Å². The van der Waals surface area contributed by atoms with Crippen LogP contribution in [0.3, 0.4) is 0 Å². The van der Waals surface area contributed by atoms with Crippen LogP contribution in [0.4, 0.5) is 0 Å². The highest BCUT2D eigenvalue weighted by atomic mass is 16.5. The van der Waals surface area contributed by atoms with Gasteiger partial charge in [0.2, 0.25) is 23.6 Å². The van der Waals surface area contributed by atoms with Gasteiger partial charge in [-0.3, -0.25) is 19.2 Å². The number of benzene rings is 2. The standard InChI is InChI=1S/C36H50N4O5/c1-8-9-19-45-28-17-15-27(16-18-28)23-30-36(44)40(7)31(20-24(2)3)33(41)37-29(22-26-13-11-10-12-14-26)35(43)39(6)32(21-25(4)5)34(42)38-30/h8-18,24-25,29-32H,19-23H2,1-7H3,(H,37,41)(H,38,42)/t29-,30-,31-,32-/m0/s1. The molecule has 1 heterocycles. The highest BCUT2D eigenvalue weighted by Crippen LogP contribution is 2.20. The summed E-state index contributed by atoms with van der Waals surface area (Å²) in [5.41, 5.74) is 1.70. The summed E-state index contributed by atoms with van der Waals surface area (Å²) in [6.45, 7) is 10.3. The van der Waals surface area contributed by atoms with Crippen LogP contribution in [0, 0.1) is 11.8 Å². The number of likely N-dealkylation sites (N-methyl/N-ethyl adjacent to an activating group) is 2. The third-order valence-corrected chi connectivity index (χ3v) is 8.08. The Hall–Kier alpha value is -4.14. The third-order valence-electron chi connectivity index (χ3n) is 8.08. The molecule has 1 fully saturated rings.